The number of halogens is 2. The van der Waals surface area contributed by atoms with Gasteiger partial charge in [-0.25, -0.2) is 13.5 Å². The first-order chi connectivity index (χ1) is 14.5. The average molecular weight is 409 g/mol. The lowest BCUT2D eigenvalue weighted by molar-refractivity contribution is 0.0275. The lowest BCUT2D eigenvalue weighted by Gasteiger charge is -2.24. The third-order valence-electron chi connectivity index (χ3n) is 4.71. The van der Waals surface area contributed by atoms with Crippen LogP contribution in [0.2, 0.25) is 0 Å². The van der Waals surface area contributed by atoms with Crippen LogP contribution in [0.5, 0.6) is 0 Å². The van der Waals surface area contributed by atoms with Gasteiger partial charge >= 0.3 is 0 Å². The quantitative estimate of drug-likeness (QED) is 0.691. The summed E-state index contributed by atoms with van der Waals surface area (Å²) in [5.74, 6) is -1.82. The fraction of sp³-hybridized carbons (Fsp3) is 0.190. The van der Waals surface area contributed by atoms with Crippen LogP contribution in [0.25, 0.3) is 5.69 Å². The van der Waals surface area contributed by atoms with Gasteiger partial charge in [0.2, 0.25) is 0 Å². The second-order valence-corrected chi connectivity index (χ2v) is 6.71. The first-order valence-electron chi connectivity index (χ1n) is 9.23. The van der Waals surface area contributed by atoms with E-state index in [4.69, 9.17) is 10.00 Å². The van der Waals surface area contributed by atoms with Gasteiger partial charge in [-0.2, -0.15) is 10.4 Å². The van der Waals surface area contributed by atoms with Crippen LogP contribution in [0.4, 0.5) is 14.5 Å². The van der Waals surface area contributed by atoms with Crippen molar-refractivity contribution in [3.8, 4) is 11.8 Å². The molecule has 1 amide bonds. The van der Waals surface area contributed by atoms with Crippen molar-refractivity contribution in [2.45, 2.75) is 6.10 Å². The molecule has 1 aliphatic heterocycles. The molecule has 2 N–H and O–H groups in total. The third kappa shape index (κ3) is 4.05. The highest BCUT2D eigenvalue weighted by atomic mass is 19.1. The van der Waals surface area contributed by atoms with Crippen molar-refractivity contribution in [1.29, 1.82) is 5.26 Å². The van der Waals surface area contributed by atoms with Gasteiger partial charge in [0.25, 0.3) is 5.91 Å². The first-order valence-corrected chi connectivity index (χ1v) is 9.23. The van der Waals surface area contributed by atoms with E-state index < -0.39 is 17.5 Å². The van der Waals surface area contributed by atoms with Crippen molar-refractivity contribution < 1.29 is 18.3 Å². The molecule has 7 nitrogen and oxygen atoms in total. The lowest BCUT2D eigenvalue weighted by atomic mass is 10.1. The van der Waals surface area contributed by atoms with Crippen molar-refractivity contribution in [3.63, 3.8) is 0 Å². The second kappa shape index (κ2) is 8.41. The van der Waals surface area contributed by atoms with Gasteiger partial charge in [0.15, 0.2) is 0 Å². The first kappa shape index (κ1) is 19.7. The maximum absolute atomic E-state index is 14.5. The Bertz CT molecular complexity index is 1130. The number of rotatable bonds is 4. The summed E-state index contributed by atoms with van der Waals surface area (Å²) in [5.41, 5.74) is 1.09. The fourth-order valence-electron chi connectivity index (χ4n) is 3.14. The summed E-state index contributed by atoms with van der Waals surface area (Å²) in [6, 6.07) is 10.3. The Morgan fingerprint density at radius 3 is 2.83 bits per heavy atom. The molecule has 4 rings (SSSR count). The van der Waals surface area contributed by atoms with Crippen molar-refractivity contribution in [2.24, 2.45) is 0 Å². The molecule has 1 aliphatic rings. The number of carbonyl (C=O) groups is 1. The highest BCUT2D eigenvalue weighted by Crippen LogP contribution is 2.24. The monoisotopic (exact) mass is 409 g/mol. The number of benzene rings is 2. The number of aromatic nitrogens is 2. The zero-order chi connectivity index (χ0) is 21.1. The maximum Gasteiger partial charge on any atom is 0.258 e. The predicted octanol–water partition coefficient (Wildman–Crippen LogP) is 2.94. The summed E-state index contributed by atoms with van der Waals surface area (Å²) in [5, 5.41) is 18.5. The third-order valence-corrected chi connectivity index (χ3v) is 4.71. The molecule has 1 fully saturated rings. The number of hydrogen-bond donors (Lipinski definition) is 2. The molecule has 3 aromatic rings. The van der Waals surface area contributed by atoms with Crippen molar-refractivity contribution in [3.05, 3.63) is 77.1 Å². The molecular weight excluding hydrogens is 392 g/mol. The van der Waals surface area contributed by atoms with E-state index in [-0.39, 0.29) is 28.6 Å². The zero-order valence-corrected chi connectivity index (χ0v) is 15.7. The molecule has 0 spiro atoms. The standard InChI is InChI=1S/C21H17F2N5O2/c22-16-8-14(20-11-25-5-6-30-20)2-3-18(16)27-21(29)15-10-26-28(12-15)19-4-1-13(9-24)7-17(19)23/h1-4,7-8,10,12,20,25H,5-6,11H2,(H,27,29). The van der Waals surface area contributed by atoms with Crippen LogP contribution in [0.3, 0.4) is 0 Å². The smallest absolute Gasteiger partial charge is 0.258 e. The summed E-state index contributed by atoms with van der Waals surface area (Å²) in [4.78, 5) is 12.5. The highest BCUT2D eigenvalue weighted by Gasteiger charge is 2.18. The Labute approximate surface area is 170 Å². The molecular formula is C21H17F2N5O2. The summed E-state index contributed by atoms with van der Waals surface area (Å²) in [7, 11) is 0. The molecule has 1 atom stereocenters. The van der Waals surface area contributed by atoms with Gasteiger partial charge in [-0.15, -0.1) is 0 Å². The Balaban J connectivity index is 1.49. The summed E-state index contributed by atoms with van der Waals surface area (Å²) < 4.78 is 35.4. The van der Waals surface area contributed by atoms with Crippen molar-refractivity contribution in [2.75, 3.05) is 25.0 Å². The van der Waals surface area contributed by atoms with Gasteiger partial charge in [-0.05, 0) is 35.9 Å². The van der Waals surface area contributed by atoms with Crippen LogP contribution < -0.4 is 10.6 Å². The molecule has 2 aromatic carbocycles. The molecule has 0 radical (unpaired) electrons. The number of nitriles is 1. The van der Waals surface area contributed by atoms with Crippen LogP contribution in [-0.2, 0) is 4.74 Å². The topological polar surface area (TPSA) is 92.0 Å². The summed E-state index contributed by atoms with van der Waals surface area (Å²) >= 11 is 0. The molecule has 1 saturated heterocycles. The molecule has 152 valence electrons. The van der Waals surface area contributed by atoms with Gasteiger partial charge in [-0.3, -0.25) is 4.79 Å². The summed E-state index contributed by atoms with van der Waals surface area (Å²) in [6.07, 6.45) is 2.34. The molecule has 0 saturated carbocycles. The van der Waals surface area contributed by atoms with Gasteiger partial charge in [-0.1, -0.05) is 6.07 Å². The van der Waals surface area contributed by atoms with Gasteiger partial charge in [0, 0.05) is 19.3 Å². The van der Waals surface area contributed by atoms with Crippen molar-refractivity contribution >= 4 is 11.6 Å². The minimum Gasteiger partial charge on any atom is -0.371 e. The minimum absolute atomic E-state index is 0.0184. The average Bonchev–Trinajstić information content (AvgIpc) is 3.25. The van der Waals surface area contributed by atoms with Gasteiger partial charge in [0.05, 0.1) is 41.8 Å². The Hall–Kier alpha value is -3.61. The van der Waals surface area contributed by atoms with Crippen LogP contribution in [-0.4, -0.2) is 35.4 Å². The molecule has 30 heavy (non-hydrogen) atoms. The van der Waals surface area contributed by atoms with E-state index in [1.54, 1.807) is 6.07 Å². The number of anilines is 1. The van der Waals surface area contributed by atoms with E-state index in [0.29, 0.717) is 18.7 Å². The fourth-order valence-corrected chi connectivity index (χ4v) is 3.14. The molecule has 1 aromatic heterocycles. The normalized spacial score (nSPS) is 16.1. The highest BCUT2D eigenvalue weighted by molar-refractivity contribution is 6.04. The molecule has 2 heterocycles. The van der Waals surface area contributed by atoms with Crippen LogP contribution in [0.15, 0.2) is 48.8 Å². The Kier molecular flexibility index (Phi) is 5.52. The van der Waals surface area contributed by atoms with E-state index in [0.717, 1.165) is 12.6 Å². The van der Waals surface area contributed by atoms with E-state index in [1.165, 1.54) is 41.3 Å². The maximum atomic E-state index is 14.5. The van der Waals surface area contributed by atoms with Gasteiger partial charge in [0.1, 0.15) is 17.3 Å². The van der Waals surface area contributed by atoms with Crippen molar-refractivity contribution in [1.82, 2.24) is 15.1 Å². The van der Waals surface area contributed by atoms with Crippen LogP contribution in [0.1, 0.15) is 27.6 Å². The predicted molar refractivity (Wildman–Crippen MR) is 104 cm³/mol. The molecule has 0 bridgehead atoms. The number of amides is 1. The Morgan fingerprint density at radius 2 is 2.13 bits per heavy atom. The number of hydrogen-bond acceptors (Lipinski definition) is 5. The van der Waals surface area contributed by atoms with Crippen LogP contribution >= 0.6 is 0 Å². The second-order valence-electron chi connectivity index (χ2n) is 6.71. The SMILES string of the molecule is N#Cc1ccc(-n2cc(C(=O)Nc3ccc(C4CNCCO4)cc3F)cn2)c(F)c1. The zero-order valence-electron chi connectivity index (χ0n) is 15.7. The van der Waals surface area contributed by atoms with E-state index >= 15 is 0 Å². The van der Waals surface area contributed by atoms with E-state index in [1.807, 2.05) is 6.07 Å². The van der Waals surface area contributed by atoms with Gasteiger partial charge < -0.3 is 15.4 Å². The molecule has 1 unspecified atom stereocenters. The number of ether oxygens (including phenoxy) is 1. The number of morpholine rings is 1. The van der Waals surface area contributed by atoms with E-state index in [2.05, 4.69) is 15.7 Å². The number of nitrogens with zero attached hydrogens (tertiary/aromatic N) is 3. The molecule has 0 aliphatic carbocycles. The molecule has 9 heteroatoms. The Morgan fingerprint density at radius 1 is 1.27 bits per heavy atom. The number of nitrogens with one attached hydrogen (secondary N) is 2. The summed E-state index contributed by atoms with van der Waals surface area (Å²) in [6.45, 7) is 1.90. The van der Waals surface area contributed by atoms with Crippen LogP contribution in [0, 0.1) is 23.0 Å². The number of carbonyl (C=O) groups excluding carboxylic acids is 1. The largest absolute Gasteiger partial charge is 0.371 e. The minimum atomic E-state index is -0.648. The lowest BCUT2D eigenvalue weighted by Crippen LogP contribution is -2.33. The van der Waals surface area contributed by atoms with E-state index in [9.17, 15) is 13.6 Å².